The molecule has 34 heavy (non-hydrogen) atoms. The van der Waals surface area contributed by atoms with E-state index >= 15 is 0 Å². The van der Waals surface area contributed by atoms with E-state index in [1.807, 2.05) is 11.6 Å². The third-order valence-electron chi connectivity index (χ3n) is 6.89. The van der Waals surface area contributed by atoms with E-state index in [0.29, 0.717) is 0 Å². The molecule has 3 aromatic rings. The van der Waals surface area contributed by atoms with Crippen LogP contribution in [0.1, 0.15) is 36.7 Å². The molecule has 1 saturated heterocycles. The smallest absolute Gasteiger partial charge is 0.223 e. The van der Waals surface area contributed by atoms with Crippen LogP contribution in [0.15, 0.2) is 24.3 Å². The number of aryl methyl sites for hydroxylation is 3. The summed E-state index contributed by atoms with van der Waals surface area (Å²) in [6, 6.07) is 8.39. The summed E-state index contributed by atoms with van der Waals surface area (Å²) in [5, 5.41) is 18.2. The summed E-state index contributed by atoms with van der Waals surface area (Å²) >= 11 is 0. The Morgan fingerprint density at radius 3 is 2.56 bits per heavy atom. The first kappa shape index (κ1) is 24.1. The Balaban J connectivity index is 1.53. The second-order valence-corrected chi connectivity index (χ2v) is 9.93. The van der Waals surface area contributed by atoms with Crippen LogP contribution in [0.2, 0.25) is 0 Å². The van der Waals surface area contributed by atoms with Gasteiger partial charge in [-0.05, 0) is 72.3 Å². The zero-order chi connectivity index (χ0) is 24.4. The Morgan fingerprint density at radius 1 is 1.15 bits per heavy atom. The number of carbonyl (C=O) groups excluding carboxylic acids is 1. The third kappa shape index (κ3) is 4.92. The molecule has 8 heteroatoms. The zero-order valence-corrected chi connectivity index (χ0v) is 21.3. The molecule has 1 aliphatic heterocycles. The highest BCUT2D eigenvalue weighted by atomic mass is 16.1. The van der Waals surface area contributed by atoms with Gasteiger partial charge in [0.25, 0.3) is 0 Å². The molecule has 1 amide bonds. The molecule has 0 radical (unpaired) electrons. The predicted molar refractivity (Wildman–Crippen MR) is 137 cm³/mol. The summed E-state index contributed by atoms with van der Waals surface area (Å²) in [5.41, 5.74) is 5.08. The molecule has 182 valence electrons. The van der Waals surface area contributed by atoms with E-state index in [0.717, 1.165) is 72.8 Å². The van der Waals surface area contributed by atoms with Gasteiger partial charge in [-0.2, -0.15) is 10.2 Å². The highest BCUT2D eigenvalue weighted by Gasteiger charge is 2.33. The number of anilines is 1. The predicted octanol–water partition coefficient (Wildman–Crippen LogP) is 3.27. The molecule has 0 bridgehead atoms. The average molecular weight is 464 g/mol. The number of amides is 1. The molecule has 0 saturated carbocycles. The Bertz CT molecular complexity index is 1150. The molecule has 4 rings (SSSR count). The first-order chi connectivity index (χ1) is 16.3. The number of rotatable bonds is 7. The van der Waals surface area contributed by atoms with Crippen molar-refractivity contribution in [3.05, 3.63) is 41.2 Å². The monoisotopic (exact) mass is 463 g/mol. The van der Waals surface area contributed by atoms with Crippen molar-refractivity contribution in [1.29, 1.82) is 0 Å². The van der Waals surface area contributed by atoms with Crippen molar-refractivity contribution in [1.82, 2.24) is 30.2 Å². The van der Waals surface area contributed by atoms with Gasteiger partial charge in [-0.3, -0.25) is 4.79 Å². The van der Waals surface area contributed by atoms with Gasteiger partial charge in [0.1, 0.15) is 5.52 Å². The molecule has 2 aromatic heterocycles. The minimum absolute atomic E-state index is 0.0244. The molecular weight excluding hydrogens is 426 g/mol. The number of piperidine rings is 1. The van der Waals surface area contributed by atoms with Crippen LogP contribution in [0.4, 0.5) is 5.82 Å². The zero-order valence-electron chi connectivity index (χ0n) is 21.3. The number of nitrogens with zero attached hydrogens (tertiary/aromatic N) is 6. The average Bonchev–Trinajstić information content (AvgIpc) is 3.15. The molecule has 2 unspecified atom stereocenters. The van der Waals surface area contributed by atoms with Crippen molar-refractivity contribution in [2.45, 2.75) is 40.5 Å². The lowest BCUT2D eigenvalue weighted by Gasteiger charge is -2.36. The van der Waals surface area contributed by atoms with E-state index in [2.05, 4.69) is 84.4 Å². The molecule has 8 nitrogen and oxygen atoms in total. The number of hydrogen-bond acceptors (Lipinski definition) is 6. The summed E-state index contributed by atoms with van der Waals surface area (Å²) in [6.45, 7) is 11.6. The normalized spacial score (nSPS) is 18.6. The number of aromatic nitrogens is 4. The highest BCUT2D eigenvalue weighted by Crippen LogP contribution is 2.33. The Kier molecular flexibility index (Phi) is 7.16. The van der Waals surface area contributed by atoms with Crippen LogP contribution < -0.4 is 10.2 Å². The fraction of sp³-hybridized carbons (Fsp3) is 0.538. The van der Waals surface area contributed by atoms with Crippen molar-refractivity contribution in [2.24, 2.45) is 11.8 Å². The molecule has 1 aliphatic rings. The topological polar surface area (TPSA) is 79.2 Å². The number of carbonyl (C=O) groups is 1. The van der Waals surface area contributed by atoms with E-state index in [4.69, 9.17) is 5.10 Å². The molecule has 0 aliphatic carbocycles. The van der Waals surface area contributed by atoms with Crippen LogP contribution >= 0.6 is 0 Å². The van der Waals surface area contributed by atoms with E-state index in [-0.39, 0.29) is 17.7 Å². The van der Waals surface area contributed by atoms with Gasteiger partial charge in [-0.25, -0.2) is 4.68 Å². The van der Waals surface area contributed by atoms with Gasteiger partial charge in [0.05, 0.1) is 22.5 Å². The van der Waals surface area contributed by atoms with E-state index in [1.54, 1.807) is 0 Å². The molecule has 1 aromatic carbocycles. The number of fused-ring (bicyclic) bond motifs is 1. The number of nitrogens with one attached hydrogen (secondary N) is 1. The molecule has 3 heterocycles. The first-order valence-corrected chi connectivity index (χ1v) is 12.2. The highest BCUT2D eigenvalue weighted by molar-refractivity contribution is 5.92. The second-order valence-electron chi connectivity index (χ2n) is 9.93. The summed E-state index contributed by atoms with van der Waals surface area (Å²) in [4.78, 5) is 17.2. The maximum absolute atomic E-state index is 12.8. The van der Waals surface area contributed by atoms with Gasteiger partial charge in [0.15, 0.2) is 5.82 Å². The lowest BCUT2D eigenvalue weighted by molar-refractivity contribution is -0.127. The van der Waals surface area contributed by atoms with Gasteiger partial charge in [-0.15, -0.1) is 5.10 Å². The Morgan fingerprint density at radius 2 is 1.88 bits per heavy atom. The SMILES string of the molecule is Cc1ccc(-n2nc3c(N4CCC(C(=O)NCCCN(C)C)C(C)C4)nnc(C)c3c2C)cc1. The molecular formula is C26H37N7O. The fourth-order valence-electron chi connectivity index (χ4n) is 4.93. The van der Waals surface area contributed by atoms with Crippen molar-refractivity contribution < 1.29 is 4.79 Å². The fourth-order valence-corrected chi connectivity index (χ4v) is 4.93. The first-order valence-electron chi connectivity index (χ1n) is 12.2. The number of hydrogen-bond donors (Lipinski definition) is 1. The summed E-state index contributed by atoms with van der Waals surface area (Å²) < 4.78 is 1.99. The van der Waals surface area contributed by atoms with E-state index < -0.39 is 0 Å². The van der Waals surface area contributed by atoms with Crippen molar-refractivity contribution in [2.75, 3.05) is 45.2 Å². The van der Waals surface area contributed by atoms with Crippen LogP contribution in [0, 0.1) is 32.6 Å². The summed E-state index contributed by atoms with van der Waals surface area (Å²) in [7, 11) is 4.10. The maximum atomic E-state index is 12.8. The summed E-state index contributed by atoms with van der Waals surface area (Å²) in [6.07, 6.45) is 1.77. The van der Waals surface area contributed by atoms with Gasteiger partial charge < -0.3 is 15.1 Å². The van der Waals surface area contributed by atoms with E-state index in [9.17, 15) is 4.79 Å². The minimum Gasteiger partial charge on any atom is -0.356 e. The summed E-state index contributed by atoms with van der Waals surface area (Å²) in [5.74, 6) is 1.23. The molecule has 2 atom stereocenters. The van der Waals surface area contributed by atoms with Gasteiger partial charge in [0, 0.05) is 25.6 Å². The maximum Gasteiger partial charge on any atom is 0.223 e. The Labute approximate surface area is 202 Å². The molecule has 1 fully saturated rings. The minimum atomic E-state index is 0.0244. The van der Waals surface area contributed by atoms with Crippen LogP contribution in [0.25, 0.3) is 16.6 Å². The third-order valence-corrected chi connectivity index (χ3v) is 6.89. The van der Waals surface area contributed by atoms with Crippen LogP contribution in [0.5, 0.6) is 0 Å². The lowest BCUT2D eigenvalue weighted by atomic mass is 9.86. The quantitative estimate of drug-likeness (QED) is 0.542. The van der Waals surface area contributed by atoms with Crippen molar-refractivity contribution in [3.8, 4) is 5.69 Å². The van der Waals surface area contributed by atoms with Crippen LogP contribution in [0.3, 0.4) is 0 Å². The van der Waals surface area contributed by atoms with Crippen molar-refractivity contribution in [3.63, 3.8) is 0 Å². The van der Waals surface area contributed by atoms with E-state index in [1.165, 1.54) is 5.56 Å². The van der Waals surface area contributed by atoms with Crippen LogP contribution in [-0.2, 0) is 4.79 Å². The second kappa shape index (κ2) is 10.1. The van der Waals surface area contributed by atoms with Crippen molar-refractivity contribution >= 4 is 22.6 Å². The standard InChI is InChI=1S/C26H37N7O/c1-17-8-10-21(11-9-17)33-20(4)23-19(3)28-29-25(24(23)30-33)32-15-12-22(18(2)16-32)26(34)27-13-7-14-31(5)6/h8-11,18,22H,7,12-16H2,1-6H3,(H,27,34). The largest absolute Gasteiger partial charge is 0.356 e. The van der Waals surface area contributed by atoms with Gasteiger partial charge in [0.2, 0.25) is 5.91 Å². The number of benzene rings is 1. The molecule has 1 N–H and O–H groups in total. The lowest BCUT2D eigenvalue weighted by Crippen LogP contribution is -2.46. The Hall–Kier alpha value is -3.00. The van der Waals surface area contributed by atoms with Gasteiger partial charge >= 0.3 is 0 Å². The molecule has 0 spiro atoms. The van der Waals surface area contributed by atoms with Gasteiger partial charge in [-0.1, -0.05) is 24.6 Å². The van der Waals surface area contributed by atoms with Crippen LogP contribution in [-0.4, -0.2) is 71.1 Å².